The third-order valence-electron chi connectivity index (χ3n) is 3.62. The second-order valence-corrected chi connectivity index (χ2v) is 7.95. The molecule has 0 N–H and O–H groups in total. The van der Waals surface area contributed by atoms with Crippen molar-refractivity contribution < 1.29 is 4.21 Å². The lowest BCUT2D eigenvalue weighted by atomic mass is 10.1. The van der Waals surface area contributed by atoms with E-state index in [0.717, 1.165) is 19.5 Å². The molecule has 1 unspecified atom stereocenters. The molecular weight excluding hydrogens is 278 g/mol. The van der Waals surface area contributed by atoms with Crippen LogP contribution in [0.4, 0.5) is 0 Å². The van der Waals surface area contributed by atoms with Crippen LogP contribution in [0.15, 0.2) is 30.3 Å². The number of unbranched alkanes of at least 4 members (excludes halogenated alkanes) is 5. The summed E-state index contributed by atoms with van der Waals surface area (Å²) < 4.78 is 14.6. The molecule has 0 aromatic heterocycles. The molecule has 0 bridgehead atoms. The maximum absolute atomic E-state index is 12.5. The average Bonchev–Trinajstić information content (AvgIpc) is 2.49. The van der Waals surface area contributed by atoms with E-state index in [4.69, 9.17) is 0 Å². The van der Waals surface area contributed by atoms with Gasteiger partial charge in [0, 0.05) is 18.3 Å². The van der Waals surface area contributed by atoms with Crippen LogP contribution in [0.25, 0.3) is 0 Å². The fourth-order valence-electron chi connectivity index (χ4n) is 2.39. The molecule has 0 aliphatic heterocycles. The highest BCUT2D eigenvalue weighted by atomic mass is 32.2. The highest BCUT2D eigenvalue weighted by molar-refractivity contribution is 7.83. The van der Waals surface area contributed by atoms with Gasteiger partial charge in [0.15, 0.2) is 0 Å². The minimum atomic E-state index is -0.885. The maximum atomic E-state index is 12.5. The Bertz CT molecular complexity index is 391. The second-order valence-electron chi connectivity index (χ2n) is 5.94. The highest BCUT2D eigenvalue weighted by Crippen LogP contribution is 2.13. The molecular formula is C18H31NOS. The molecule has 1 atom stereocenters. The Balaban J connectivity index is 2.44. The third kappa shape index (κ3) is 7.77. The molecule has 0 amide bonds. The molecule has 0 radical (unpaired) electrons. The number of rotatable bonds is 11. The van der Waals surface area contributed by atoms with E-state index >= 15 is 0 Å². The van der Waals surface area contributed by atoms with Gasteiger partial charge in [0.25, 0.3) is 0 Å². The van der Waals surface area contributed by atoms with E-state index in [0.29, 0.717) is 0 Å². The van der Waals surface area contributed by atoms with Crippen molar-refractivity contribution in [3.63, 3.8) is 0 Å². The summed E-state index contributed by atoms with van der Waals surface area (Å²) in [6.45, 7) is 8.05. The summed E-state index contributed by atoms with van der Waals surface area (Å²) in [5.74, 6) is 0. The average molecular weight is 310 g/mol. The van der Waals surface area contributed by atoms with Crippen molar-refractivity contribution in [3.05, 3.63) is 35.9 Å². The minimum absolute atomic E-state index is 0.189. The van der Waals surface area contributed by atoms with Crippen LogP contribution in [0.1, 0.15) is 64.9 Å². The van der Waals surface area contributed by atoms with Crippen molar-refractivity contribution in [3.8, 4) is 0 Å². The van der Waals surface area contributed by atoms with Gasteiger partial charge < -0.3 is 0 Å². The zero-order valence-electron chi connectivity index (χ0n) is 13.9. The molecule has 120 valence electrons. The summed E-state index contributed by atoms with van der Waals surface area (Å²) >= 11 is 0. The number of hydrogen-bond acceptors (Lipinski definition) is 1. The van der Waals surface area contributed by atoms with Crippen LogP contribution in [-0.4, -0.2) is 20.3 Å². The first-order valence-corrected chi connectivity index (χ1v) is 9.51. The van der Waals surface area contributed by atoms with E-state index in [-0.39, 0.29) is 5.25 Å². The SMILES string of the molecule is CCCCCCCCN(Cc1ccccc1)S(=O)C(C)C. The van der Waals surface area contributed by atoms with Crippen molar-refractivity contribution >= 4 is 11.0 Å². The van der Waals surface area contributed by atoms with Crippen LogP contribution in [-0.2, 0) is 17.5 Å². The molecule has 1 rings (SSSR count). The molecule has 0 saturated carbocycles. The zero-order chi connectivity index (χ0) is 15.5. The maximum Gasteiger partial charge on any atom is 0.0971 e. The Morgan fingerprint density at radius 1 is 1.00 bits per heavy atom. The quantitative estimate of drug-likeness (QED) is 0.531. The van der Waals surface area contributed by atoms with E-state index in [9.17, 15) is 4.21 Å². The van der Waals surface area contributed by atoms with Crippen LogP contribution in [0.2, 0.25) is 0 Å². The van der Waals surface area contributed by atoms with Gasteiger partial charge in [-0.1, -0.05) is 69.4 Å². The first-order chi connectivity index (χ1) is 10.1. The second kappa shape index (κ2) is 11.0. The monoisotopic (exact) mass is 309 g/mol. The van der Waals surface area contributed by atoms with Gasteiger partial charge >= 0.3 is 0 Å². The van der Waals surface area contributed by atoms with Gasteiger partial charge in [-0.25, -0.2) is 8.51 Å². The minimum Gasteiger partial charge on any atom is -0.242 e. The number of nitrogens with zero attached hydrogens (tertiary/aromatic N) is 1. The number of hydrogen-bond donors (Lipinski definition) is 0. The van der Waals surface area contributed by atoms with Gasteiger partial charge in [0.2, 0.25) is 0 Å². The highest BCUT2D eigenvalue weighted by Gasteiger charge is 2.16. The molecule has 0 spiro atoms. The third-order valence-corrected chi connectivity index (χ3v) is 5.25. The first kappa shape index (κ1) is 18.4. The standard InChI is InChI=1S/C18H31NOS/c1-4-5-6-7-8-12-15-19(21(20)17(2)3)16-18-13-10-9-11-14-18/h9-11,13-14,17H,4-8,12,15-16H2,1-3H3. The predicted octanol–water partition coefficient (Wildman–Crippen LogP) is 4.92. The molecule has 3 heteroatoms. The Morgan fingerprint density at radius 3 is 2.24 bits per heavy atom. The lowest BCUT2D eigenvalue weighted by Crippen LogP contribution is -2.31. The van der Waals surface area contributed by atoms with Crippen LogP contribution in [0.5, 0.6) is 0 Å². The Labute approximate surface area is 133 Å². The molecule has 2 nitrogen and oxygen atoms in total. The first-order valence-electron chi connectivity index (χ1n) is 8.34. The van der Waals surface area contributed by atoms with E-state index < -0.39 is 11.0 Å². The Morgan fingerprint density at radius 2 is 1.62 bits per heavy atom. The summed E-state index contributed by atoms with van der Waals surface area (Å²) in [5, 5.41) is 0.189. The van der Waals surface area contributed by atoms with Crippen molar-refractivity contribution in [2.75, 3.05) is 6.54 Å². The largest absolute Gasteiger partial charge is 0.242 e. The van der Waals surface area contributed by atoms with Gasteiger partial charge in [-0.05, 0) is 25.8 Å². The van der Waals surface area contributed by atoms with Gasteiger partial charge in [-0.15, -0.1) is 0 Å². The normalized spacial score (nSPS) is 13.0. The van der Waals surface area contributed by atoms with E-state index in [1.54, 1.807) is 0 Å². The van der Waals surface area contributed by atoms with Crippen LogP contribution in [0.3, 0.4) is 0 Å². The fraction of sp³-hybridized carbons (Fsp3) is 0.667. The van der Waals surface area contributed by atoms with Crippen molar-refractivity contribution in [2.45, 2.75) is 71.1 Å². The van der Waals surface area contributed by atoms with Crippen molar-refractivity contribution in [1.82, 2.24) is 4.31 Å². The molecule has 0 fully saturated rings. The molecule has 0 saturated heterocycles. The molecule has 21 heavy (non-hydrogen) atoms. The summed E-state index contributed by atoms with van der Waals surface area (Å²) in [4.78, 5) is 0. The molecule has 1 aromatic carbocycles. The molecule has 0 heterocycles. The summed E-state index contributed by atoms with van der Waals surface area (Å²) in [6, 6.07) is 10.4. The zero-order valence-corrected chi connectivity index (χ0v) is 14.7. The molecule has 0 aliphatic carbocycles. The van der Waals surface area contributed by atoms with Gasteiger partial charge in [-0.2, -0.15) is 0 Å². The van der Waals surface area contributed by atoms with Gasteiger partial charge in [-0.3, -0.25) is 0 Å². The summed E-state index contributed by atoms with van der Waals surface area (Å²) in [6.07, 6.45) is 7.67. The van der Waals surface area contributed by atoms with E-state index in [2.05, 4.69) is 35.5 Å². The Hall–Kier alpha value is -0.670. The lowest BCUT2D eigenvalue weighted by molar-refractivity contribution is 0.416. The summed E-state index contributed by atoms with van der Waals surface area (Å²) in [7, 11) is -0.885. The van der Waals surface area contributed by atoms with Gasteiger partial charge in [0.05, 0.1) is 11.0 Å². The van der Waals surface area contributed by atoms with Crippen LogP contribution < -0.4 is 0 Å². The van der Waals surface area contributed by atoms with Crippen LogP contribution in [0, 0.1) is 0 Å². The van der Waals surface area contributed by atoms with E-state index in [1.807, 2.05) is 19.9 Å². The predicted molar refractivity (Wildman–Crippen MR) is 93.5 cm³/mol. The molecule has 1 aromatic rings. The fourth-order valence-corrected chi connectivity index (χ4v) is 3.57. The van der Waals surface area contributed by atoms with Crippen molar-refractivity contribution in [1.29, 1.82) is 0 Å². The lowest BCUT2D eigenvalue weighted by Gasteiger charge is -2.23. The smallest absolute Gasteiger partial charge is 0.0971 e. The van der Waals surface area contributed by atoms with E-state index in [1.165, 1.54) is 37.7 Å². The van der Waals surface area contributed by atoms with Gasteiger partial charge in [0.1, 0.15) is 0 Å². The van der Waals surface area contributed by atoms with Crippen LogP contribution >= 0.6 is 0 Å². The summed E-state index contributed by atoms with van der Waals surface area (Å²) in [5.41, 5.74) is 1.25. The van der Waals surface area contributed by atoms with Crippen molar-refractivity contribution in [2.24, 2.45) is 0 Å². The molecule has 0 aliphatic rings. The Kier molecular flexibility index (Phi) is 9.60. The topological polar surface area (TPSA) is 20.3 Å². The number of benzene rings is 1.